The van der Waals surface area contributed by atoms with Gasteiger partial charge in [-0.05, 0) is 50.1 Å². The van der Waals surface area contributed by atoms with Gasteiger partial charge in [0.15, 0.2) is 7.98 Å². The molecule has 0 aromatic heterocycles. The minimum Gasteiger partial charge on any atom is -0.349 e. The summed E-state index contributed by atoms with van der Waals surface area (Å²) in [7, 11) is 2.26. The van der Waals surface area contributed by atoms with Gasteiger partial charge in [-0.2, -0.15) is 0 Å². The van der Waals surface area contributed by atoms with Gasteiger partial charge in [0.1, 0.15) is 0 Å². The Kier molecular flexibility index (Phi) is 3.54. The summed E-state index contributed by atoms with van der Waals surface area (Å²) in [5.74, 6) is 3.35. The van der Waals surface area contributed by atoms with Crippen LogP contribution >= 0.6 is 0 Å². The second kappa shape index (κ2) is 4.70. The van der Waals surface area contributed by atoms with Crippen molar-refractivity contribution in [3.05, 3.63) is 0 Å². The highest BCUT2D eigenvalue weighted by atomic mass is 15.0. The smallest absolute Gasteiger partial charge is 0.185 e. The predicted molar refractivity (Wildman–Crippen MR) is 64.0 cm³/mol. The molecule has 0 aromatic rings. The van der Waals surface area contributed by atoms with Crippen LogP contribution < -0.4 is 0 Å². The molecular weight excluding hydrogens is 169 g/mol. The van der Waals surface area contributed by atoms with Crippen LogP contribution in [0.1, 0.15) is 45.4 Å². The molecule has 0 aromatic carbocycles. The molecule has 0 bridgehead atoms. The zero-order chi connectivity index (χ0) is 9.97. The number of piperidine rings is 1. The van der Waals surface area contributed by atoms with Gasteiger partial charge in [0.05, 0.1) is 0 Å². The largest absolute Gasteiger partial charge is 0.349 e. The van der Waals surface area contributed by atoms with Gasteiger partial charge in [-0.1, -0.05) is 26.2 Å². The number of unbranched alkanes of at least 4 members (excludes halogenated alkanes) is 1. The Balaban J connectivity index is 1.66. The molecule has 0 unspecified atom stereocenters. The molecule has 0 N–H and O–H groups in total. The molecule has 1 saturated carbocycles. The SMILES string of the molecule is BN1CCC([C@@H]2C[C@H]2CCCC)CC1. The Labute approximate surface area is 89.7 Å². The summed E-state index contributed by atoms with van der Waals surface area (Å²) in [6.07, 6.45) is 8.89. The minimum absolute atomic E-state index is 1.09. The minimum atomic E-state index is 1.09. The topological polar surface area (TPSA) is 3.24 Å². The zero-order valence-electron chi connectivity index (χ0n) is 9.84. The first-order chi connectivity index (χ1) is 6.81. The van der Waals surface area contributed by atoms with Crippen molar-refractivity contribution >= 4 is 7.98 Å². The third kappa shape index (κ3) is 2.53. The maximum Gasteiger partial charge on any atom is 0.185 e. The molecule has 1 aliphatic carbocycles. The van der Waals surface area contributed by atoms with Crippen molar-refractivity contribution in [3.63, 3.8) is 0 Å². The number of nitrogens with zero attached hydrogens (tertiary/aromatic N) is 1. The Morgan fingerprint density at radius 1 is 1.29 bits per heavy atom. The van der Waals surface area contributed by atoms with Gasteiger partial charge in [0, 0.05) is 0 Å². The normalized spacial score (nSPS) is 34.6. The number of hydrogen-bond acceptors (Lipinski definition) is 1. The quantitative estimate of drug-likeness (QED) is 0.618. The standard InChI is InChI=1S/C12H24BN/c1-2-3-4-11-9-12(11)10-5-7-14(13)8-6-10/h10-12H,2-9,13H2,1H3/t11-,12+/m1/s1. The van der Waals surface area contributed by atoms with Crippen LogP contribution in [0, 0.1) is 17.8 Å². The van der Waals surface area contributed by atoms with E-state index in [9.17, 15) is 0 Å². The van der Waals surface area contributed by atoms with Crippen LogP contribution in [0.3, 0.4) is 0 Å². The van der Waals surface area contributed by atoms with E-state index in [1.807, 2.05) is 0 Å². The molecule has 2 atom stereocenters. The summed E-state index contributed by atoms with van der Waals surface area (Å²) in [4.78, 5) is 2.49. The van der Waals surface area contributed by atoms with E-state index in [1.54, 1.807) is 6.42 Å². The number of rotatable bonds is 4. The van der Waals surface area contributed by atoms with Crippen LogP contribution in [-0.2, 0) is 0 Å². The lowest BCUT2D eigenvalue weighted by Gasteiger charge is -2.29. The van der Waals surface area contributed by atoms with E-state index in [-0.39, 0.29) is 0 Å². The van der Waals surface area contributed by atoms with Crippen LogP contribution in [-0.4, -0.2) is 25.9 Å². The third-order valence-electron chi connectivity index (χ3n) is 4.27. The van der Waals surface area contributed by atoms with Gasteiger partial charge in [0.2, 0.25) is 0 Å². The fourth-order valence-electron chi connectivity index (χ4n) is 3.10. The van der Waals surface area contributed by atoms with E-state index in [2.05, 4.69) is 19.7 Å². The molecule has 2 heteroatoms. The first kappa shape index (κ1) is 10.5. The van der Waals surface area contributed by atoms with Crippen LogP contribution in [0.2, 0.25) is 0 Å². The fourth-order valence-corrected chi connectivity index (χ4v) is 3.10. The summed E-state index contributed by atoms with van der Waals surface area (Å²) in [6, 6.07) is 0. The van der Waals surface area contributed by atoms with Crippen LogP contribution in [0.15, 0.2) is 0 Å². The van der Waals surface area contributed by atoms with E-state index in [0.717, 1.165) is 17.8 Å². The van der Waals surface area contributed by atoms with Crippen molar-refractivity contribution in [2.45, 2.75) is 45.4 Å². The molecule has 0 spiro atoms. The maximum atomic E-state index is 2.49. The molecule has 1 nitrogen and oxygen atoms in total. The highest BCUT2D eigenvalue weighted by Crippen LogP contribution is 2.50. The molecule has 0 radical (unpaired) electrons. The molecule has 2 fully saturated rings. The molecule has 2 aliphatic rings. The summed E-state index contributed by atoms with van der Waals surface area (Å²) in [6.45, 7) is 5.01. The lowest BCUT2D eigenvalue weighted by molar-refractivity contribution is 0.250. The molecule has 2 rings (SSSR count). The van der Waals surface area contributed by atoms with Crippen molar-refractivity contribution in [1.29, 1.82) is 0 Å². The lowest BCUT2D eigenvalue weighted by Crippen LogP contribution is -2.32. The molecule has 1 saturated heterocycles. The third-order valence-corrected chi connectivity index (χ3v) is 4.27. The van der Waals surface area contributed by atoms with Gasteiger partial charge < -0.3 is 4.81 Å². The van der Waals surface area contributed by atoms with Gasteiger partial charge in [-0.15, -0.1) is 0 Å². The molecule has 14 heavy (non-hydrogen) atoms. The second-order valence-corrected chi connectivity index (χ2v) is 5.44. The van der Waals surface area contributed by atoms with Gasteiger partial charge in [-0.25, -0.2) is 0 Å². The van der Waals surface area contributed by atoms with E-state index >= 15 is 0 Å². The predicted octanol–water partition coefficient (Wildman–Crippen LogP) is 2.07. The summed E-state index contributed by atoms with van der Waals surface area (Å²) >= 11 is 0. The van der Waals surface area contributed by atoms with Gasteiger partial charge >= 0.3 is 0 Å². The summed E-state index contributed by atoms with van der Waals surface area (Å²) in [5, 5.41) is 0. The average molecular weight is 193 g/mol. The second-order valence-electron chi connectivity index (χ2n) is 5.44. The van der Waals surface area contributed by atoms with Crippen molar-refractivity contribution in [1.82, 2.24) is 4.81 Å². The Morgan fingerprint density at radius 2 is 2.00 bits per heavy atom. The maximum absolute atomic E-state index is 2.49. The lowest BCUT2D eigenvalue weighted by atomic mass is 9.89. The Hall–Kier alpha value is 0.0249. The number of hydrogen-bond donors (Lipinski definition) is 0. The molecule has 1 heterocycles. The highest BCUT2D eigenvalue weighted by molar-refractivity contribution is 6.04. The highest BCUT2D eigenvalue weighted by Gasteiger charge is 2.42. The Morgan fingerprint density at radius 3 is 2.64 bits per heavy atom. The zero-order valence-corrected chi connectivity index (χ0v) is 9.84. The molecular formula is C12H24BN. The fraction of sp³-hybridized carbons (Fsp3) is 1.00. The van der Waals surface area contributed by atoms with Gasteiger partial charge in [-0.3, -0.25) is 0 Å². The summed E-state index contributed by atoms with van der Waals surface area (Å²) < 4.78 is 0. The average Bonchev–Trinajstić information content (AvgIpc) is 2.95. The van der Waals surface area contributed by atoms with Crippen molar-refractivity contribution in [2.24, 2.45) is 17.8 Å². The van der Waals surface area contributed by atoms with Crippen LogP contribution in [0.5, 0.6) is 0 Å². The van der Waals surface area contributed by atoms with Gasteiger partial charge in [0.25, 0.3) is 0 Å². The monoisotopic (exact) mass is 193 g/mol. The molecule has 1 aliphatic heterocycles. The first-order valence-corrected chi connectivity index (χ1v) is 6.49. The van der Waals surface area contributed by atoms with E-state index in [1.165, 1.54) is 45.2 Å². The summed E-state index contributed by atoms with van der Waals surface area (Å²) in [5.41, 5.74) is 0. The van der Waals surface area contributed by atoms with E-state index in [4.69, 9.17) is 0 Å². The molecule has 0 amide bonds. The van der Waals surface area contributed by atoms with Crippen molar-refractivity contribution in [3.8, 4) is 0 Å². The Bertz CT molecular complexity index is 175. The molecule has 80 valence electrons. The van der Waals surface area contributed by atoms with Crippen LogP contribution in [0.25, 0.3) is 0 Å². The van der Waals surface area contributed by atoms with Crippen molar-refractivity contribution < 1.29 is 0 Å². The van der Waals surface area contributed by atoms with E-state index in [0.29, 0.717) is 0 Å². The first-order valence-electron chi connectivity index (χ1n) is 6.49. The van der Waals surface area contributed by atoms with Crippen molar-refractivity contribution in [2.75, 3.05) is 13.1 Å². The van der Waals surface area contributed by atoms with Crippen LogP contribution in [0.4, 0.5) is 0 Å². The van der Waals surface area contributed by atoms with E-state index < -0.39 is 0 Å².